The standard InChI is InChI=1S/C23H30O6/c1-13(25)29-23(19(28)12-24)9-7-17-16-5-4-14-10-15(26)6-8-21(14,2)20(16)18(27)11-22(17,23)3/h6,8,10,16-18,20,24,27H,4-5,7,9,11-12H2,1-3H3/t16-,17-,18+,20+,21+,22-,23-/m1/s1. The first-order chi connectivity index (χ1) is 13.6. The molecule has 0 aromatic rings. The average molecular weight is 402 g/mol. The van der Waals surface area contributed by atoms with Gasteiger partial charge in [-0.2, -0.15) is 0 Å². The zero-order valence-corrected chi connectivity index (χ0v) is 17.3. The van der Waals surface area contributed by atoms with E-state index >= 15 is 0 Å². The summed E-state index contributed by atoms with van der Waals surface area (Å²) in [5, 5.41) is 21.0. The van der Waals surface area contributed by atoms with Crippen LogP contribution in [0.2, 0.25) is 0 Å². The van der Waals surface area contributed by atoms with Gasteiger partial charge in [-0.15, -0.1) is 0 Å². The minimum atomic E-state index is -1.39. The second kappa shape index (κ2) is 6.61. The lowest BCUT2D eigenvalue weighted by Crippen LogP contribution is -2.62. The highest BCUT2D eigenvalue weighted by Crippen LogP contribution is 2.67. The van der Waals surface area contributed by atoms with Crippen molar-refractivity contribution in [2.24, 2.45) is 28.6 Å². The van der Waals surface area contributed by atoms with Crippen molar-refractivity contribution in [3.05, 3.63) is 23.8 Å². The zero-order chi connectivity index (χ0) is 21.2. The maximum Gasteiger partial charge on any atom is 0.303 e. The van der Waals surface area contributed by atoms with Gasteiger partial charge in [0.2, 0.25) is 5.78 Å². The SMILES string of the molecule is CC(=O)O[C@@]1(C(=O)CO)CC[C@@H]2[C@H]3CCC4=CC(=O)C=C[C@]4(C)[C@@H]3[C@@H](O)C[C@]21C. The highest BCUT2D eigenvalue weighted by Gasteiger charge is 2.70. The summed E-state index contributed by atoms with van der Waals surface area (Å²) in [5.41, 5.74) is -1.43. The molecule has 4 aliphatic rings. The fraction of sp³-hybridized carbons (Fsp3) is 0.696. The van der Waals surface area contributed by atoms with Crippen LogP contribution in [-0.2, 0) is 19.1 Å². The van der Waals surface area contributed by atoms with Gasteiger partial charge in [0.1, 0.15) is 6.61 Å². The third-order valence-electron chi connectivity index (χ3n) is 8.53. The number of aliphatic hydroxyl groups is 2. The van der Waals surface area contributed by atoms with Gasteiger partial charge in [0.25, 0.3) is 0 Å². The van der Waals surface area contributed by atoms with Gasteiger partial charge in [-0.25, -0.2) is 0 Å². The first kappa shape index (κ1) is 20.5. The summed E-state index contributed by atoms with van der Waals surface area (Å²) in [6.07, 6.45) is 7.56. The molecule has 158 valence electrons. The molecule has 4 rings (SSSR count). The predicted octanol–water partition coefficient (Wildman–Crippen LogP) is 2.13. The molecule has 0 radical (unpaired) electrons. The number of aliphatic hydroxyl groups excluding tert-OH is 2. The number of ketones is 2. The molecule has 2 N–H and O–H groups in total. The minimum Gasteiger partial charge on any atom is -0.451 e. The third-order valence-corrected chi connectivity index (χ3v) is 8.53. The van der Waals surface area contributed by atoms with Crippen LogP contribution in [0.1, 0.15) is 52.9 Å². The van der Waals surface area contributed by atoms with E-state index in [0.717, 1.165) is 18.4 Å². The summed E-state index contributed by atoms with van der Waals surface area (Å²) >= 11 is 0. The van der Waals surface area contributed by atoms with Crippen molar-refractivity contribution < 1.29 is 29.3 Å². The van der Waals surface area contributed by atoms with Gasteiger partial charge < -0.3 is 14.9 Å². The molecule has 0 heterocycles. The lowest BCUT2D eigenvalue weighted by molar-refractivity contribution is -0.198. The molecule has 0 saturated heterocycles. The molecule has 0 aliphatic heterocycles. The highest BCUT2D eigenvalue weighted by atomic mass is 16.6. The monoisotopic (exact) mass is 402 g/mol. The zero-order valence-electron chi connectivity index (χ0n) is 17.3. The number of Topliss-reactive ketones (excluding diaryl/α,β-unsaturated/α-hetero) is 1. The van der Waals surface area contributed by atoms with Gasteiger partial charge in [0.05, 0.1) is 6.10 Å². The van der Waals surface area contributed by atoms with Crippen LogP contribution >= 0.6 is 0 Å². The highest BCUT2D eigenvalue weighted by molar-refractivity contribution is 6.01. The fourth-order valence-electron chi connectivity index (χ4n) is 7.37. The Kier molecular flexibility index (Phi) is 4.67. The molecule has 6 nitrogen and oxygen atoms in total. The van der Waals surface area contributed by atoms with Crippen LogP contribution in [0.25, 0.3) is 0 Å². The number of esters is 1. The Balaban J connectivity index is 1.77. The van der Waals surface area contributed by atoms with Crippen molar-refractivity contribution in [1.82, 2.24) is 0 Å². The van der Waals surface area contributed by atoms with Crippen molar-refractivity contribution in [2.75, 3.05) is 6.61 Å². The first-order valence-electron chi connectivity index (χ1n) is 10.5. The molecular formula is C23H30O6. The van der Waals surface area contributed by atoms with Gasteiger partial charge >= 0.3 is 5.97 Å². The largest absolute Gasteiger partial charge is 0.451 e. The van der Waals surface area contributed by atoms with Crippen LogP contribution in [0.5, 0.6) is 0 Å². The quantitative estimate of drug-likeness (QED) is 0.702. The van der Waals surface area contributed by atoms with Crippen molar-refractivity contribution in [3.8, 4) is 0 Å². The Morgan fingerprint density at radius 2 is 2.00 bits per heavy atom. The number of rotatable bonds is 3. The van der Waals surface area contributed by atoms with Crippen LogP contribution in [-0.4, -0.2) is 46.1 Å². The number of carbonyl (C=O) groups excluding carboxylic acids is 3. The van der Waals surface area contributed by atoms with Crippen molar-refractivity contribution >= 4 is 17.5 Å². The molecule has 0 spiro atoms. The van der Waals surface area contributed by atoms with Crippen molar-refractivity contribution in [2.45, 2.75) is 64.6 Å². The Labute approximate surface area is 171 Å². The van der Waals surface area contributed by atoms with Gasteiger partial charge in [0, 0.05) is 23.7 Å². The summed E-state index contributed by atoms with van der Waals surface area (Å²) in [6.45, 7) is 4.63. The summed E-state index contributed by atoms with van der Waals surface area (Å²) in [6, 6.07) is 0. The number of carbonyl (C=O) groups is 3. The lowest BCUT2D eigenvalue weighted by Gasteiger charge is -2.59. The lowest BCUT2D eigenvalue weighted by atomic mass is 9.46. The number of hydrogen-bond donors (Lipinski definition) is 2. The first-order valence-corrected chi connectivity index (χ1v) is 10.5. The van der Waals surface area contributed by atoms with Gasteiger partial charge in [-0.1, -0.05) is 25.5 Å². The van der Waals surface area contributed by atoms with E-state index in [4.69, 9.17) is 4.74 Å². The fourth-order valence-corrected chi connectivity index (χ4v) is 7.37. The van der Waals surface area contributed by atoms with Gasteiger partial charge in [-0.05, 0) is 56.1 Å². The summed E-state index contributed by atoms with van der Waals surface area (Å²) in [7, 11) is 0. The van der Waals surface area contributed by atoms with E-state index in [-0.39, 0.29) is 29.0 Å². The summed E-state index contributed by atoms with van der Waals surface area (Å²) in [5.74, 6) is -0.839. The second-order valence-electron chi connectivity index (χ2n) is 9.75. The number of allylic oxidation sites excluding steroid dienone is 4. The maximum atomic E-state index is 12.9. The smallest absolute Gasteiger partial charge is 0.303 e. The van der Waals surface area contributed by atoms with Gasteiger partial charge in [-0.3, -0.25) is 14.4 Å². The van der Waals surface area contributed by atoms with Crippen LogP contribution in [0, 0.1) is 28.6 Å². The Bertz CT molecular complexity index is 827. The topological polar surface area (TPSA) is 101 Å². The van der Waals surface area contributed by atoms with Crippen LogP contribution < -0.4 is 0 Å². The van der Waals surface area contributed by atoms with E-state index in [1.54, 1.807) is 12.2 Å². The molecule has 0 aromatic heterocycles. The molecular weight excluding hydrogens is 372 g/mol. The van der Waals surface area contributed by atoms with E-state index in [0.29, 0.717) is 19.3 Å². The molecule has 6 heteroatoms. The van der Waals surface area contributed by atoms with Crippen molar-refractivity contribution in [1.29, 1.82) is 0 Å². The number of ether oxygens (including phenoxy) is 1. The van der Waals surface area contributed by atoms with Gasteiger partial charge in [0.15, 0.2) is 11.4 Å². The predicted molar refractivity (Wildman–Crippen MR) is 105 cm³/mol. The Morgan fingerprint density at radius 3 is 2.66 bits per heavy atom. The Morgan fingerprint density at radius 1 is 1.28 bits per heavy atom. The molecule has 0 aromatic carbocycles. The molecule has 29 heavy (non-hydrogen) atoms. The molecule has 4 aliphatic carbocycles. The molecule has 0 amide bonds. The van der Waals surface area contributed by atoms with E-state index < -0.39 is 35.5 Å². The minimum absolute atomic E-state index is 0.00523. The molecule has 3 fully saturated rings. The second-order valence-corrected chi connectivity index (χ2v) is 9.75. The summed E-state index contributed by atoms with van der Waals surface area (Å²) < 4.78 is 5.67. The van der Waals surface area contributed by atoms with E-state index in [1.807, 2.05) is 13.0 Å². The molecule has 0 unspecified atom stereocenters. The number of fused-ring (bicyclic) bond motifs is 5. The van der Waals surface area contributed by atoms with Crippen LogP contribution in [0.3, 0.4) is 0 Å². The number of hydrogen-bond acceptors (Lipinski definition) is 6. The van der Waals surface area contributed by atoms with Crippen molar-refractivity contribution in [3.63, 3.8) is 0 Å². The van der Waals surface area contributed by atoms with E-state index in [9.17, 15) is 24.6 Å². The average Bonchev–Trinajstić information content (AvgIpc) is 2.93. The normalized spacial score (nSPS) is 45.7. The van der Waals surface area contributed by atoms with E-state index in [2.05, 4.69) is 6.92 Å². The van der Waals surface area contributed by atoms with E-state index in [1.165, 1.54) is 6.92 Å². The molecule has 3 saturated carbocycles. The van der Waals surface area contributed by atoms with Crippen LogP contribution in [0.15, 0.2) is 23.8 Å². The third kappa shape index (κ3) is 2.65. The van der Waals surface area contributed by atoms with Crippen LogP contribution in [0.4, 0.5) is 0 Å². The Hall–Kier alpha value is -1.79. The maximum absolute atomic E-state index is 12.9. The molecule has 0 bridgehead atoms. The molecule has 7 atom stereocenters. The summed E-state index contributed by atoms with van der Waals surface area (Å²) in [4.78, 5) is 36.7.